The van der Waals surface area contributed by atoms with Gasteiger partial charge in [0.2, 0.25) is 0 Å². The van der Waals surface area contributed by atoms with Crippen LogP contribution in [-0.2, 0) is 18.3 Å². The number of hydrogen-bond acceptors (Lipinski definition) is 5. The molecule has 0 amide bonds. The molecule has 2 aromatic carbocycles. The smallest absolute Gasteiger partial charge is 0.343 e. The number of ether oxygens (including phenoxy) is 1. The molecule has 6 nitrogen and oxygen atoms in total. The lowest BCUT2D eigenvalue weighted by atomic mass is 9.99. The first kappa shape index (κ1) is 21.1. The van der Waals surface area contributed by atoms with Gasteiger partial charge in [-0.1, -0.05) is 49.4 Å². The van der Waals surface area contributed by atoms with Crippen LogP contribution >= 0.6 is 0 Å². The topological polar surface area (TPSA) is 71.2 Å². The van der Waals surface area contributed by atoms with Crippen LogP contribution in [0.3, 0.4) is 0 Å². The molecule has 30 heavy (non-hydrogen) atoms. The van der Waals surface area contributed by atoms with Gasteiger partial charge in [0.25, 0.3) is 0 Å². The van der Waals surface area contributed by atoms with E-state index in [9.17, 15) is 10.1 Å². The minimum atomic E-state index is -0.356. The summed E-state index contributed by atoms with van der Waals surface area (Å²) in [7, 11) is 1.80. The van der Waals surface area contributed by atoms with Gasteiger partial charge in [0.1, 0.15) is 5.56 Å². The van der Waals surface area contributed by atoms with Gasteiger partial charge < -0.3 is 9.64 Å². The Morgan fingerprint density at radius 2 is 1.90 bits per heavy atom. The molecule has 0 radical (unpaired) electrons. The van der Waals surface area contributed by atoms with E-state index in [4.69, 9.17) is 4.74 Å². The fourth-order valence-electron chi connectivity index (χ4n) is 3.44. The molecule has 0 fully saturated rings. The number of nitrogens with zero attached hydrogens (tertiary/aromatic N) is 4. The Morgan fingerprint density at radius 1 is 1.17 bits per heavy atom. The maximum atomic E-state index is 12.4. The minimum Gasteiger partial charge on any atom is -0.462 e. The number of carbonyl (C=O) groups is 1. The van der Waals surface area contributed by atoms with E-state index in [-0.39, 0.29) is 5.97 Å². The fraction of sp³-hybridized carbons (Fsp3) is 0.292. The van der Waals surface area contributed by atoms with Gasteiger partial charge in [-0.2, -0.15) is 10.4 Å². The van der Waals surface area contributed by atoms with Gasteiger partial charge in [-0.15, -0.1) is 0 Å². The van der Waals surface area contributed by atoms with Crippen molar-refractivity contribution in [2.75, 3.05) is 18.1 Å². The Morgan fingerprint density at radius 3 is 2.57 bits per heavy atom. The standard InChI is InChI=1S/C24H26N4O2/c1-4-14-28(23-22(17-27(3)26-23)24(29)30-5-2)16-18-10-12-19(13-11-18)21-9-7-6-8-20(21)15-25/h6-13,17H,4-5,14,16H2,1-3H3. The zero-order chi connectivity index (χ0) is 21.5. The monoisotopic (exact) mass is 402 g/mol. The van der Waals surface area contributed by atoms with E-state index in [1.807, 2.05) is 36.4 Å². The van der Waals surface area contributed by atoms with Crippen molar-refractivity contribution in [2.45, 2.75) is 26.8 Å². The van der Waals surface area contributed by atoms with Crippen LogP contribution in [0, 0.1) is 11.3 Å². The second-order valence-corrected chi connectivity index (χ2v) is 7.04. The molecule has 154 valence electrons. The Labute approximate surface area is 177 Å². The predicted octanol–water partition coefficient (Wildman–Crippen LogP) is 4.55. The first-order valence-corrected chi connectivity index (χ1v) is 10.1. The van der Waals surface area contributed by atoms with Gasteiger partial charge in [-0.25, -0.2) is 4.79 Å². The highest BCUT2D eigenvalue weighted by atomic mass is 16.5. The molecular formula is C24H26N4O2. The van der Waals surface area contributed by atoms with Gasteiger partial charge in [-0.3, -0.25) is 4.68 Å². The van der Waals surface area contributed by atoms with Crippen LogP contribution in [-0.4, -0.2) is 28.9 Å². The van der Waals surface area contributed by atoms with Crippen molar-refractivity contribution < 1.29 is 9.53 Å². The average molecular weight is 402 g/mol. The van der Waals surface area contributed by atoms with Crippen molar-refractivity contribution in [3.05, 3.63) is 71.4 Å². The molecule has 3 aromatic rings. The molecule has 3 rings (SSSR count). The average Bonchev–Trinajstić information content (AvgIpc) is 3.16. The van der Waals surface area contributed by atoms with Crippen LogP contribution in [0.5, 0.6) is 0 Å². The van der Waals surface area contributed by atoms with Gasteiger partial charge in [-0.05, 0) is 36.1 Å². The number of nitriles is 1. The fourth-order valence-corrected chi connectivity index (χ4v) is 3.44. The van der Waals surface area contributed by atoms with Gasteiger partial charge >= 0.3 is 5.97 Å². The summed E-state index contributed by atoms with van der Waals surface area (Å²) in [6, 6.07) is 18.0. The number of hydrogen-bond donors (Lipinski definition) is 0. The van der Waals surface area contributed by atoms with Crippen molar-refractivity contribution in [1.82, 2.24) is 9.78 Å². The minimum absolute atomic E-state index is 0.326. The van der Waals surface area contributed by atoms with E-state index in [1.165, 1.54) is 0 Å². The first-order chi connectivity index (χ1) is 14.6. The van der Waals surface area contributed by atoms with Crippen LogP contribution in [0.1, 0.15) is 41.8 Å². The number of aromatic nitrogens is 2. The molecule has 0 spiro atoms. The third-order valence-electron chi connectivity index (χ3n) is 4.78. The molecule has 0 atom stereocenters. The molecular weight excluding hydrogens is 376 g/mol. The number of carbonyl (C=O) groups excluding carboxylic acids is 1. The quantitative estimate of drug-likeness (QED) is 0.517. The highest BCUT2D eigenvalue weighted by Crippen LogP contribution is 2.26. The summed E-state index contributed by atoms with van der Waals surface area (Å²) >= 11 is 0. The molecule has 1 heterocycles. The van der Waals surface area contributed by atoms with E-state index in [0.717, 1.165) is 29.7 Å². The zero-order valence-corrected chi connectivity index (χ0v) is 17.6. The summed E-state index contributed by atoms with van der Waals surface area (Å²) < 4.78 is 6.85. The molecule has 0 saturated heterocycles. The van der Waals surface area contributed by atoms with Gasteiger partial charge in [0, 0.05) is 26.3 Å². The van der Waals surface area contributed by atoms with E-state index in [1.54, 1.807) is 24.9 Å². The maximum Gasteiger partial charge on any atom is 0.343 e. The number of benzene rings is 2. The van der Waals surface area contributed by atoms with Gasteiger partial charge in [0.05, 0.1) is 18.2 Å². The number of anilines is 1. The number of rotatable bonds is 8. The lowest BCUT2D eigenvalue weighted by Gasteiger charge is -2.23. The van der Waals surface area contributed by atoms with Crippen LogP contribution in [0.2, 0.25) is 0 Å². The van der Waals surface area contributed by atoms with Crippen molar-refractivity contribution >= 4 is 11.8 Å². The Balaban J connectivity index is 1.86. The molecule has 0 aliphatic heterocycles. The lowest BCUT2D eigenvalue weighted by Crippen LogP contribution is -2.26. The van der Waals surface area contributed by atoms with Crippen LogP contribution < -0.4 is 4.90 Å². The Bertz CT molecular complexity index is 1050. The largest absolute Gasteiger partial charge is 0.462 e. The Kier molecular flexibility index (Phi) is 6.87. The van der Waals surface area contributed by atoms with E-state index in [0.29, 0.717) is 30.1 Å². The van der Waals surface area contributed by atoms with E-state index in [2.05, 4.69) is 35.1 Å². The second kappa shape index (κ2) is 9.75. The van der Waals surface area contributed by atoms with Crippen LogP contribution in [0.15, 0.2) is 54.7 Å². The molecule has 0 saturated carbocycles. The second-order valence-electron chi connectivity index (χ2n) is 7.04. The van der Waals surface area contributed by atoms with Crippen molar-refractivity contribution in [3.8, 4) is 17.2 Å². The third-order valence-corrected chi connectivity index (χ3v) is 4.78. The van der Waals surface area contributed by atoms with Gasteiger partial charge in [0.15, 0.2) is 5.82 Å². The van der Waals surface area contributed by atoms with Crippen molar-refractivity contribution in [2.24, 2.45) is 7.05 Å². The summed E-state index contributed by atoms with van der Waals surface area (Å²) in [4.78, 5) is 14.5. The number of esters is 1. The van der Waals surface area contributed by atoms with Crippen LogP contribution in [0.4, 0.5) is 5.82 Å². The summed E-state index contributed by atoms with van der Waals surface area (Å²) in [5.74, 6) is 0.280. The normalized spacial score (nSPS) is 10.5. The van der Waals surface area contributed by atoms with Crippen molar-refractivity contribution in [3.63, 3.8) is 0 Å². The van der Waals surface area contributed by atoms with Crippen LogP contribution in [0.25, 0.3) is 11.1 Å². The highest BCUT2D eigenvalue weighted by molar-refractivity contribution is 5.94. The maximum absolute atomic E-state index is 12.4. The summed E-state index contributed by atoms with van der Waals surface area (Å²) in [5, 5.41) is 13.9. The van der Waals surface area contributed by atoms with Crippen molar-refractivity contribution in [1.29, 1.82) is 5.26 Å². The predicted molar refractivity (Wildman–Crippen MR) is 117 cm³/mol. The highest BCUT2D eigenvalue weighted by Gasteiger charge is 2.22. The summed E-state index contributed by atoms with van der Waals surface area (Å²) in [6.45, 7) is 5.61. The zero-order valence-electron chi connectivity index (χ0n) is 17.6. The first-order valence-electron chi connectivity index (χ1n) is 10.1. The molecule has 1 aromatic heterocycles. The molecule has 0 N–H and O–H groups in total. The molecule has 0 bridgehead atoms. The SMILES string of the molecule is CCCN(Cc1ccc(-c2ccccc2C#N)cc1)c1nn(C)cc1C(=O)OCC. The van der Waals surface area contributed by atoms with E-state index >= 15 is 0 Å². The molecule has 0 unspecified atom stereocenters. The molecule has 0 aliphatic carbocycles. The van der Waals surface area contributed by atoms with E-state index < -0.39 is 0 Å². The molecule has 6 heteroatoms. The third kappa shape index (κ3) is 4.69. The summed E-state index contributed by atoms with van der Waals surface area (Å²) in [6.07, 6.45) is 2.63. The number of aryl methyl sites for hydroxylation is 1. The Hall–Kier alpha value is -3.59. The lowest BCUT2D eigenvalue weighted by molar-refractivity contribution is 0.0527. The molecule has 0 aliphatic rings. The summed E-state index contributed by atoms with van der Waals surface area (Å²) in [5.41, 5.74) is 4.16.